The van der Waals surface area contributed by atoms with Crippen LogP contribution in [-0.2, 0) is 24.4 Å². The largest absolute Gasteiger partial charge is 0.504 e. The number of aliphatic imine (C=N–C) groups is 2. The second-order valence-corrected chi connectivity index (χ2v) is 12.3. The van der Waals surface area contributed by atoms with Gasteiger partial charge in [0, 0.05) is 44.6 Å². The molecule has 2 atom stereocenters. The van der Waals surface area contributed by atoms with Crippen molar-refractivity contribution in [2.45, 2.75) is 83.6 Å². The molecule has 0 aliphatic carbocycles. The third kappa shape index (κ3) is 8.84. The monoisotopic (exact) mass is 653 g/mol. The van der Waals surface area contributed by atoms with Gasteiger partial charge in [-0.25, -0.2) is 9.79 Å². The summed E-state index contributed by atoms with van der Waals surface area (Å²) in [5.41, 5.74) is 11.5. The van der Waals surface area contributed by atoms with Crippen LogP contribution in [0.3, 0.4) is 0 Å². The molecule has 2 aliphatic rings. The normalized spacial score (nSPS) is 16.3. The van der Waals surface area contributed by atoms with Crippen LogP contribution in [0.25, 0.3) is 0 Å². The number of nitrogens with two attached hydrogens (primary N) is 1. The lowest BCUT2D eigenvalue weighted by Crippen LogP contribution is -2.40. The zero-order chi connectivity index (χ0) is 33.9. The summed E-state index contributed by atoms with van der Waals surface area (Å²) in [5, 5.41) is 18.4. The van der Waals surface area contributed by atoms with Crippen molar-refractivity contribution < 1.29 is 19.4 Å². The first-order valence-electron chi connectivity index (χ1n) is 16.8. The molecule has 2 unspecified atom stereocenters. The Labute approximate surface area is 282 Å². The number of amides is 3. The van der Waals surface area contributed by atoms with E-state index in [2.05, 4.69) is 69.2 Å². The number of amidine groups is 2. The average molecular weight is 654 g/mol. The van der Waals surface area contributed by atoms with Crippen LogP contribution in [-0.4, -0.2) is 53.3 Å². The number of nitrogens with one attached hydrogen (secondary N) is 3. The Morgan fingerprint density at radius 1 is 0.917 bits per heavy atom. The molecule has 0 saturated carbocycles. The summed E-state index contributed by atoms with van der Waals surface area (Å²) >= 11 is 0. The van der Waals surface area contributed by atoms with Gasteiger partial charge < -0.3 is 36.4 Å². The van der Waals surface area contributed by atoms with Gasteiger partial charge in [-0.3, -0.25) is 9.79 Å². The minimum absolute atomic E-state index is 0.0353. The number of benzene rings is 3. The Balaban J connectivity index is 1.01. The van der Waals surface area contributed by atoms with E-state index in [4.69, 9.17) is 15.5 Å². The number of phenolic OH excluding ortho intramolecular Hbond substituents is 1. The number of hydrogen-bond acceptors (Lipinski definition) is 8. The van der Waals surface area contributed by atoms with Crippen molar-refractivity contribution in [3.05, 3.63) is 89.0 Å². The lowest BCUT2D eigenvalue weighted by atomic mass is 9.93. The zero-order valence-corrected chi connectivity index (χ0v) is 27.9. The maximum absolute atomic E-state index is 12.4. The highest BCUT2D eigenvalue weighted by molar-refractivity contribution is 5.98. The Bertz CT molecular complexity index is 1620. The van der Waals surface area contributed by atoms with Crippen molar-refractivity contribution in [3.8, 4) is 11.5 Å². The molecule has 0 fully saturated rings. The van der Waals surface area contributed by atoms with Gasteiger partial charge in [0.2, 0.25) is 5.91 Å². The molecule has 5 rings (SSSR count). The first-order valence-corrected chi connectivity index (χ1v) is 16.8. The summed E-state index contributed by atoms with van der Waals surface area (Å²) in [6, 6.07) is 21.2. The lowest BCUT2D eigenvalue weighted by Gasteiger charge is -2.33. The van der Waals surface area contributed by atoms with Crippen LogP contribution in [0.2, 0.25) is 0 Å². The van der Waals surface area contributed by atoms with Crippen molar-refractivity contribution in [3.63, 3.8) is 0 Å². The van der Waals surface area contributed by atoms with E-state index in [0.29, 0.717) is 37.6 Å². The Morgan fingerprint density at radius 2 is 1.67 bits per heavy atom. The summed E-state index contributed by atoms with van der Waals surface area (Å²) in [5.74, 6) is 2.06. The number of rotatable bonds is 16. The molecule has 0 aromatic heterocycles. The van der Waals surface area contributed by atoms with Crippen LogP contribution >= 0.6 is 0 Å². The second-order valence-electron chi connectivity index (χ2n) is 12.3. The number of urea groups is 1. The van der Waals surface area contributed by atoms with E-state index < -0.39 is 0 Å². The molecule has 0 bridgehead atoms. The number of unbranched alkanes of at least 4 members (excludes halogenated alkanes) is 3. The maximum Gasteiger partial charge on any atom is 0.315 e. The van der Waals surface area contributed by atoms with E-state index >= 15 is 0 Å². The van der Waals surface area contributed by atoms with Gasteiger partial charge in [0.1, 0.15) is 17.7 Å². The van der Waals surface area contributed by atoms with Gasteiger partial charge in [-0.05, 0) is 54.2 Å². The number of aromatic hydroxyl groups is 1. The second kappa shape index (κ2) is 16.7. The summed E-state index contributed by atoms with van der Waals surface area (Å²) in [4.78, 5) is 36.6. The van der Waals surface area contributed by atoms with Crippen LogP contribution in [0.15, 0.2) is 76.7 Å². The molecule has 11 heteroatoms. The molecule has 254 valence electrons. The maximum atomic E-state index is 12.4. The number of phenols is 1. The van der Waals surface area contributed by atoms with E-state index in [0.717, 1.165) is 73.3 Å². The highest BCUT2D eigenvalue weighted by Crippen LogP contribution is 2.42. The molecule has 11 nitrogen and oxygen atoms in total. The van der Waals surface area contributed by atoms with Crippen LogP contribution in [0.4, 0.5) is 10.5 Å². The van der Waals surface area contributed by atoms with Crippen molar-refractivity contribution in [2.24, 2.45) is 15.7 Å². The fraction of sp³-hybridized carbons (Fsp3) is 0.405. The number of para-hydroxylation sites is 1. The van der Waals surface area contributed by atoms with Gasteiger partial charge in [-0.1, -0.05) is 68.3 Å². The van der Waals surface area contributed by atoms with Crippen molar-refractivity contribution in [1.29, 1.82) is 0 Å². The number of carbonyl (C=O) groups is 2. The number of fused-ring (bicyclic) bond motifs is 3. The van der Waals surface area contributed by atoms with Gasteiger partial charge in [0.15, 0.2) is 11.5 Å². The predicted octanol–water partition coefficient (Wildman–Crippen LogP) is 5.59. The molecule has 6 N–H and O–H groups in total. The van der Waals surface area contributed by atoms with Crippen LogP contribution in [0.5, 0.6) is 11.5 Å². The molecule has 2 heterocycles. The highest BCUT2D eigenvalue weighted by Gasteiger charge is 2.42. The molecule has 0 saturated heterocycles. The minimum Gasteiger partial charge on any atom is -0.504 e. The standard InChI is InChI=1S/C37H47N7O4/c1-3-4-12-32-43-34-35(28-10-7-8-11-29(28)42-36(34)38)44(32)24-26-16-14-25(15-17-26)22-41-37(47)39-20-9-5-6-13-33(46)40-23-27-18-19-30(45)31(21-27)48-2/h7-8,10-11,14-19,21,34-35,45H,3-6,9,12-13,20,22-24H2,1-2H3,(H2,38,42)(H,40,46)(H2,39,41,47). The predicted molar refractivity (Wildman–Crippen MR) is 188 cm³/mol. The SMILES string of the molecule is CCCCC1=NC2C(N)=Nc3ccccc3C2N1Cc1ccc(CNC(=O)NCCCCCC(=O)NCc2ccc(O)c(OC)c2)cc1. The van der Waals surface area contributed by atoms with E-state index in [-0.39, 0.29) is 29.8 Å². The molecule has 2 aliphatic heterocycles. The van der Waals surface area contributed by atoms with Gasteiger partial charge in [-0.2, -0.15) is 0 Å². The average Bonchev–Trinajstić information content (AvgIpc) is 3.46. The molecule has 0 spiro atoms. The Hall–Kier alpha value is -5.06. The number of methoxy groups -OCH3 is 1. The Morgan fingerprint density at radius 3 is 2.46 bits per heavy atom. The topological polar surface area (TPSA) is 154 Å². The number of hydrogen-bond donors (Lipinski definition) is 5. The van der Waals surface area contributed by atoms with Gasteiger partial charge in [0.25, 0.3) is 0 Å². The zero-order valence-electron chi connectivity index (χ0n) is 27.9. The summed E-state index contributed by atoms with van der Waals surface area (Å²) in [6.07, 6.45) is 5.83. The number of nitrogens with zero attached hydrogens (tertiary/aromatic N) is 3. The highest BCUT2D eigenvalue weighted by atomic mass is 16.5. The van der Waals surface area contributed by atoms with E-state index in [1.807, 2.05) is 12.1 Å². The van der Waals surface area contributed by atoms with E-state index in [9.17, 15) is 14.7 Å². The quantitative estimate of drug-likeness (QED) is 0.127. The van der Waals surface area contributed by atoms with Crippen molar-refractivity contribution in [1.82, 2.24) is 20.9 Å². The van der Waals surface area contributed by atoms with Crippen molar-refractivity contribution >= 4 is 29.3 Å². The summed E-state index contributed by atoms with van der Waals surface area (Å²) in [6.45, 7) is 4.24. The fourth-order valence-corrected chi connectivity index (χ4v) is 6.09. The first-order chi connectivity index (χ1) is 23.4. The van der Waals surface area contributed by atoms with Crippen LogP contribution in [0, 0.1) is 0 Å². The molecule has 3 aromatic rings. The number of carbonyl (C=O) groups excluding carboxylic acids is 2. The summed E-state index contributed by atoms with van der Waals surface area (Å²) in [7, 11) is 1.49. The molecule has 3 aromatic carbocycles. The summed E-state index contributed by atoms with van der Waals surface area (Å²) < 4.78 is 5.10. The van der Waals surface area contributed by atoms with Crippen LogP contribution in [0.1, 0.15) is 80.2 Å². The Kier molecular flexibility index (Phi) is 11.9. The van der Waals surface area contributed by atoms with Crippen molar-refractivity contribution in [2.75, 3.05) is 13.7 Å². The van der Waals surface area contributed by atoms with Gasteiger partial charge >= 0.3 is 6.03 Å². The first kappa shape index (κ1) is 34.3. The fourth-order valence-electron chi connectivity index (χ4n) is 6.09. The molecule has 3 amide bonds. The number of ether oxygens (including phenoxy) is 1. The van der Waals surface area contributed by atoms with Gasteiger partial charge in [0.05, 0.1) is 18.8 Å². The minimum atomic E-state index is -0.212. The molecular weight excluding hydrogens is 606 g/mol. The third-order valence-electron chi connectivity index (χ3n) is 8.75. The van der Waals surface area contributed by atoms with Crippen LogP contribution < -0.4 is 26.4 Å². The lowest BCUT2D eigenvalue weighted by molar-refractivity contribution is -0.121. The third-order valence-corrected chi connectivity index (χ3v) is 8.75. The van der Waals surface area contributed by atoms with E-state index in [1.54, 1.807) is 18.2 Å². The molecule has 48 heavy (non-hydrogen) atoms. The van der Waals surface area contributed by atoms with Gasteiger partial charge in [-0.15, -0.1) is 0 Å². The smallest absolute Gasteiger partial charge is 0.315 e. The molecular formula is C37H47N7O4. The van der Waals surface area contributed by atoms with E-state index in [1.165, 1.54) is 12.7 Å². The molecule has 0 radical (unpaired) electrons.